The van der Waals surface area contributed by atoms with Crippen LogP contribution in [0.4, 0.5) is 14.6 Å². The van der Waals surface area contributed by atoms with Crippen molar-refractivity contribution in [1.29, 1.82) is 0 Å². The Balaban J connectivity index is 1.59. The molecule has 5 N–H and O–H groups in total. The number of benzene rings is 1. The maximum Gasteiger partial charge on any atom is 0.269 e. The van der Waals surface area contributed by atoms with Crippen molar-refractivity contribution < 1.29 is 27.6 Å². The van der Waals surface area contributed by atoms with Crippen molar-refractivity contribution in [3.05, 3.63) is 57.9 Å². The van der Waals surface area contributed by atoms with Crippen molar-refractivity contribution in [2.75, 3.05) is 5.32 Å². The van der Waals surface area contributed by atoms with Crippen molar-refractivity contribution in [3.8, 4) is 0 Å². The van der Waals surface area contributed by atoms with Gasteiger partial charge in [-0.1, -0.05) is 11.6 Å². The topological polar surface area (TPSA) is 169 Å². The molecule has 3 aromatic rings. The third-order valence-corrected chi connectivity index (χ3v) is 3.87. The molecule has 0 aliphatic rings. The summed E-state index contributed by atoms with van der Waals surface area (Å²) in [6.07, 6.45) is -0.230. The lowest BCUT2D eigenvalue weighted by atomic mass is 10.2. The lowest BCUT2D eigenvalue weighted by Crippen LogP contribution is -2.23. The van der Waals surface area contributed by atoms with Crippen molar-refractivity contribution in [3.63, 3.8) is 0 Å². The SMILES string of the molecule is NC(=O)Cc1nnc(CNC(=O)c2cc(NC(=O)c3cc(F)c(F)cc3Cl)n[nH]2)o1. The Morgan fingerprint density at radius 1 is 1.10 bits per heavy atom. The van der Waals surface area contributed by atoms with E-state index < -0.39 is 29.4 Å². The van der Waals surface area contributed by atoms with E-state index in [1.54, 1.807) is 0 Å². The van der Waals surface area contributed by atoms with Crippen molar-refractivity contribution in [1.82, 2.24) is 25.7 Å². The molecule has 0 radical (unpaired) electrons. The number of nitrogens with zero attached hydrogens (tertiary/aromatic N) is 3. The zero-order valence-electron chi connectivity index (χ0n) is 14.8. The van der Waals surface area contributed by atoms with Gasteiger partial charge in [-0.2, -0.15) is 5.10 Å². The number of amides is 3. The maximum atomic E-state index is 13.3. The quantitative estimate of drug-likeness (QED) is 0.397. The monoisotopic (exact) mass is 439 g/mol. The third-order valence-electron chi connectivity index (χ3n) is 3.55. The minimum Gasteiger partial charge on any atom is -0.423 e. The summed E-state index contributed by atoms with van der Waals surface area (Å²) in [7, 11) is 0. The van der Waals surface area contributed by atoms with Crippen LogP contribution < -0.4 is 16.4 Å². The Bertz CT molecular complexity index is 1130. The first-order chi connectivity index (χ1) is 14.2. The van der Waals surface area contributed by atoms with Crippen molar-refractivity contribution in [2.24, 2.45) is 5.73 Å². The van der Waals surface area contributed by atoms with Crippen LogP contribution in [0, 0.1) is 11.6 Å². The molecule has 0 saturated carbocycles. The van der Waals surface area contributed by atoms with Crippen LogP contribution in [-0.4, -0.2) is 38.1 Å². The lowest BCUT2D eigenvalue weighted by molar-refractivity contribution is -0.117. The van der Waals surface area contributed by atoms with E-state index in [4.69, 9.17) is 21.8 Å². The van der Waals surface area contributed by atoms with E-state index in [-0.39, 0.29) is 46.8 Å². The highest BCUT2D eigenvalue weighted by Crippen LogP contribution is 2.21. The van der Waals surface area contributed by atoms with Crippen molar-refractivity contribution in [2.45, 2.75) is 13.0 Å². The lowest BCUT2D eigenvalue weighted by Gasteiger charge is -2.05. The number of carbonyl (C=O) groups excluding carboxylic acids is 3. The molecule has 3 rings (SSSR count). The van der Waals surface area contributed by atoms with E-state index in [9.17, 15) is 23.2 Å². The van der Waals surface area contributed by atoms with Gasteiger partial charge < -0.3 is 20.8 Å². The summed E-state index contributed by atoms with van der Waals surface area (Å²) in [5.74, 6) is -4.58. The van der Waals surface area contributed by atoms with Crippen LogP contribution in [0.2, 0.25) is 5.02 Å². The molecule has 0 bridgehead atoms. The smallest absolute Gasteiger partial charge is 0.269 e. The van der Waals surface area contributed by atoms with Gasteiger partial charge in [0.2, 0.25) is 17.7 Å². The molecule has 3 amide bonds. The predicted octanol–water partition coefficient (Wildman–Crippen LogP) is 0.934. The zero-order valence-corrected chi connectivity index (χ0v) is 15.6. The van der Waals surface area contributed by atoms with Gasteiger partial charge in [-0.15, -0.1) is 10.2 Å². The van der Waals surface area contributed by atoms with Gasteiger partial charge >= 0.3 is 0 Å². The Morgan fingerprint density at radius 3 is 2.53 bits per heavy atom. The number of halogens is 3. The first-order valence-electron chi connectivity index (χ1n) is 8.12. The fourth-order valence-corrected chi connectivity index (χ4v) is 2.45. The maximum absolute atomic E-state index is 13.3. The number of nitrogens with two attached hydrogens (primary N) is 1. The van der Waals surface area contributed by atoms with Crippen LogP contribution in [0.25, 0.3) is 0 Å². The molecular weight excluding hydrogens is 428 g/mol. The molecule has 2 aromatic heterocycles. The number of aromatic nitrogens is 4. The number of rotatable bonds is 7. The molecule has 30 heavy (non-hydrogen) atoms. The molecule has 0 saturated heterocycles. The molecule has 0 aliphatic carbocycles. The van der Waals surface area contributed by atoms with Gasteiger partial charge in [0.25, 0.3) is 11.8 Å². The van der Waals surface area contributed by atoms with Crippen LogP contribution in [0.3, 0.4) is 0 Å². The summed E-state index contributed by atoms with van der Waals surface area (Å²) < 4.78 is 31.6. The Labute approximate surface area is 171 Å². The van der Waals surface area contributed by atoms with Gasteiger partial charge in [-0.3, -0.25) is 19.5 Å². The standard InChI is InChI=1S/C16H12ClF2N7O4/c17-7-2-9(19)8(18)1-6(7)15(28)22-12-3-10(23-24-12)16(29)21-5-14-26-25-13(30-14)4-11(20)27/h1-3H,4-5H2,(H2,20,27)(H,21,29)(H2,22,23,24,28). The van der Waals surface area contributed by atoms with Crippen LogP contribution in [0.15, 0.2) is 22.6 Å². The second-order valence-electron chi connectivity index (χ2n) is 5.78. The fourth-order valence-electron chi connectivity index (χ4n) is 2.21. The second-order valence-corrected chi connectivity index (χ2v) is 6.19. The van der Waals surface area contributed by atoms with Gasteiger partial charge in [-0.05, 0) is 12.1 Å². The fraction of sp³-hybridized carbons (Fsp3) is 0.125. The Morgan fingerprint density at radius 2 is 1.80 bits per heavy atom. The zero-order chi connectivity index (χ0) is 21.8. The summed E-state index contributed by atoms with van der Waals surface area (Å²) in [5, 5.41) is 17.8. The van der Waals surface area contributed by atoms with E-state index in [2.05, 4.69) is 31.0 Å². The number of aromatic amines is 1. The molecule has 0 atom stereocenters. The van der Waals surface area contributed by atoms with E-state index in [1.807, 2.05) is 0 Å². The molecule has 0 fully saturated rings. The minimum atomic E-state index is -1.24. The molecular formula is C16H12ClF2N7O4. The van der Waals surface area contributed by atoms with E-state index in [0.29, 0.717) is 12.1 Å². The Kier molecular flexibility index (Phi) is 6.01. The molecule has 156 valence electrons. The number of hydrogen-bond donors (Lipinski definition) is 4. The predicted molar refractivity (Wildman–Crippen MR) is 96.3 cm³/mol. The van der Waals surface area contributed by atoms with E-state index in [0.717, 1.165) is 0 Å². The van der Waals surface area contributed by atoms with Gasteiger partial charge in [0.1, 0.15) is 12.1 Å². The molecule has 0 aliphatic heterocycles. The average molecular weight is 440 g/mol. The highest BCUT2D eigenvalue weighted by Gasteiger charge is 2.18. The number of carbonyl (C=O) groups is 3. The van der Waals surface area contributed by atoms with Gasteiger partial charge in [0, 0.05) is 6.07 Å². The number of anilines is 1. The van der Waals surface area contributed by atoms with Crippen LogP contribution in [-0.2, 0) is 17.8 Å². The van der Waals surface area contributed by atoms with Gasteiger partial charge in [-0.25, -0.2) is 8.78 Å². The van der Waals surface area contributed by atoms with Crippen LogP contribution in [0.1, 0.15) is 32.6 Å². The minimum absolute atomic E-state index is 0.00850. The largest absolute Gasteiger partial charge is 0.423 e. The van der Waals surface area contributed by atoms with Crippen molar-refractivity contribution >= 4 is 35.1 Å². The summed E-state index contributed by atoms with van der Waals surface area (Å²) in [5.41, 5.74) is 4.67. The highest BCUT2D eigenvalue weighted by molar-refractivity contribution is 6.34. The summed E-state index contributed by atoms with van der Waals surface area (Å²) in [6.45, 7) is -0.143. The van der Waals surface area contributed by atoms with Crippen LogP contribution >= 0.6 is 11.6 Å². The van der Waals surface area contributed by atoms with E-state index in [1.165, 1.54) is 6.07 Å². The van der Waals surface area contributed by atoms with Crippen LogP contribution in [0.5, 0.6) is 0 Å². The summed E-state index contributed by atoms with van der Waals surface area (Å²) in [6, 6.07) is 2.51. The third kappa shape index (κ3) is 4.94. The first kappa shape index (κ1) is 20.9. The van der Waals surface area contributed by atoms with Gasteiger partial charge in [0.05, 0.1) is 17.1 Å². The number of H-pyrrole nitrogens is 1. The first-order valence-corrected chi connectivity index (χ1v) is 8.49. The normalized spacial score (nSPS) is 10.6. The highest BCUT2D eigenvalue weighted by atomic mass is 35.5. The summed E-state index contributed by atoms with van der Waals surface area (Å²) in [4.78, 5) is 35.1. The molecule has 14 heteroatoms. The molecule has 0 unspecified atom stereocenters. The molecule has 0 spiro atoms. The number of primary amides is 1. The second kappa shape index (κ2) is 8.65. The molecule has 11 nitrogen and oxygen atoms in total. The molecule has 1 aromatic carbocycles. The van der Waals surface area contributed by atoms with Gasteiger partial charge in [0.15, 0.2) is 17.5 Å². The number of nitrogens with one attached hydrogen (secondary N) is 3. The Hall–Kier alpha value is -3.87. The van der Waals surface area contributed by atoms with E-state index >= 15 is 0 Å². The number of hydrogen-bond acceptors (Lipinski definition) is 7. The summed E-state index contributed by atoms with van der Waals surface area (Å²) >= 11 is 5.74. The average Bonchev–Trinajstić information content (AvgIpc) is 3.31. The molecule has 2 heterocycles.